The van der Waals surface area contributed by atoms with E-state index in [0.717, 1.165) is 18.6 Å². The van der Waals surface area contributed by atoms with E-state index in [1.807, 2.05) is 13.8 Å². The molecule has 2 saturated heterocycles. The summed E-state index contributed by atoms with van der Waals surface area (Å²) in [7, 11) is -3.50. The first-order valence-electron chi connectivity index (χ1n) is 10.1. The SMILES string of the molecule is C[C@@H]1CNCCN1S(=O)(=O)N1CC[C@H](NC(=O)c2cc(C3CC3)on2)C[C@@H]1C. The molecule has 1 amide bonds. The molecular formula is C18H29N5O4S. The highest BCUT2D eigenvalue weighted by atomic mass is 32.2. The molecule has 2 N–H and O–H groups in total. The largest absolute Gasteiger partial charge is 0.360 e. The first kappa shape index (κ1) is 19.8. The first-order chi connectivity index (χ1) is 13.4. The van der Waals surface area contributed by atoms with Gasteiger partial charge in [-0.1, -0.05) is 5.16 Å². The normalized spacial score (nSPS) is 30.3. The molecule has 2 aliphatic heterocycles. The van der Waals surface area contributed by atoms with Gasteiger partial charge in [0.25, 0.3) is 16.1 Å². The molecule has 1 saturated carbocycles. The Labute approximate surface area is 166 Å². The summed E-state index contributed by atoms with van der Waals surface area (Å²) >= 11 is 0. The second kappa shape index (κ2) is 7.74. The molecule has 10 heteroatoms. The molecule has 1 aromatic rings. The lowest BCUT2D eigenvalue weighted by Crippen LogP contribution is -2.60. The molecule has 4 rings (SSSR count). The van der Waals surface area contributed by atoms with Crippen LogP contribution in [0.1, 0.15) is 61.7 Å². The van der Waals surface area contributed by atoms with Crippen molar-refractivity contribution in [3.05, 3.63) is 17.5 Å². The van der Waals surface area contributed by atoms with Crippen molar-refractivity contribution in [2.45, 2.75) is 63.6 Å². The minimum absolute atomic E-state index is 0.0591. The molecule has 0 unspecified atom stereocenters. The van der Waals surface area contributed by atoms with E-state index in [-0.39, 0.29) is 24.0 Å². The fourth-order valence-corrected chi connectivity index (χ4v) is 6.14. The Kier molecular flexibility index (Phi) is 5.47. The van der Waals surface area contributed by atoms with Crippen LogP contribution in [0.4, 0.5) is 0 Å². The van der Waals surface area contributed by atoms with E-state index in [2.05, 4.69) is 15.8 Å². The van der Waals surface area contributed by atoms with Gasteiger partial charge in [0.05, 0.1) is 0 Å². The minimum atomic E-state index is -3.50. The Morgan fingerprint density at radius 3 is 2.64 bits per heavy atom. The summed E-state index contributed by atoms with van der Waals surface area (Å²) in [5, 5.41) is 10.1. The van der Waals surface area contributed by atoms with Crippen LogP contribution < -0.4 is 10.6 Å². The van der Waals surface area contributed by atoms with Crippen LogP contribution >= 0.6 is 0 Å². The molecule has 0 radical (unpaired) electrons. The Bertz CT molecular complexity index is 822. The van der Waals surface area contributed by atoms with Gasteiger partial charge in [-0.3, -0.25) is 4.79 Å². The number of carbonyl (C=O) groups excluding carboxylic acids is 1. The van der Waals surface area contributed by atoms with Crippen LogP contribution in [-0.2, 0) is 10.2 Å². The summed E-state index contributed by atoms with van der Waals surface area (Å²) in [5.41, 5.74) is 0.305. The molecule has 1 aliphatic carbocycles. The van der Waals surface area contributed by atoms with Crippen LogP contribution in [0.3, 0.4) is 0 Å². The number of hydrogen-bond acceptors (Lipinski definition) is 6. The summed E-state index contributed by atoms with van der Waals surface area (Å²) in [6.07, 6.45) is 3.35. The van der Waals surface area contributed by atoms with E-state index in [4.69, 9.17) is 4.52 Å². The minimum Gasteiger partial charge on any atom is -0.360 e. The zero-order chi connectivity index (χ0) is 19.9. The fourth-order valence-electron chi connectivity index (χ4n) is 4.14. The summed E-state index contributed by atoms with van der Waals surface area (Å²) in [6.45, 7) is 6.06. The molecule has 0 aromatic carbocycles. The molecule has 0 bridgehead atoms. The summed E-state index contributed by atoms with van der Waals surface area (Å²) in [4.78, 5) is 12.5. The number of hydrogen-bond donors (Lipinski definition) is 2. The number of aromatic nitrogens is 1. The maximum absolute atomic E-state index is 13.1. The van der Waals surface area contributed by atoms with Crippen molar-refractivity contribution in [3.8, 4) is 0 Å². The van der Waals surface area contributed by atoms with Crippen molar-refractivity contribution < 1.29 is 17.7 Å². The first-order valence-corrected chi connectivity index (χ1v) is 11.5. The van der Waals surface area contributed by atoms with Crippen LogP contribution in [0.25, 0.3) is 0 Å². The third-order valence-corrected chi connectivity index (χ3v) is 8.19. The quantitative estimate of drug-likeness (QED) is 0.738. The monoisotopic (exact) mass is 411 g/mol. The van der Waals surface area contributed by atoms with Crippen LogP contribution in [0.2, 0.25) is 0 Å². The Morgan fingerprint density at radius 2 is 1.96 bits per heavy atom. The van der Waals surface area contributed by atoms with Crippen molar-refractivity contribution in [2.75, 3.05) is 26.2 Å². The van der Waals surface area contributed by atoms with Crippen LogP contribution in [0, 0.1) is 0 Å². The lowest BCUT2D eigenvalue weighted by Gasteiger charge is -2.42. The maximum Gasteiger partial charge on any atom is 0.282 e. The van der Waals surface area contributed by atoms with E-state index >= 15 is 0 Å². The Balaban J connectivity index is 1.35. The average molecular weight is 412 g/mol. The van der Waals surface area contributed by atoms with E-state index in [1.54, 1.807) is 14.7 Å². The third-order valence-electron chi connectivity index (χ3n) is 5.92. The molecule has 3 fully saturated rings. The maximum atomic E-state index is 13.1. The van der Waals surface area contributed by atoms with Gasteiger partial charge in [-0.2, -0.15) is 17.0 Å². The van der Waals surface area contributed by atoms with Crippen LogP contribution in [-0.4, -0.2) is 72.4 Å². The van der Waals surface area contributed by atoms with Gasteiger partial charge in [0.15, 0.2) is 5.69 Å². The summed E-state index contributed by atoms with van der Waals surface area (Å²) in [5.74, 6) is 0.944. The van der Waals surface area contributed by atoms with Crippen molar-refractivity contribution in [2.24, 2.45) is 0 Å². The molecule has 3 aliphatic rings. The highest BCUT2D eigenvalue weighted by Crippen LogP contribution is 2.40. The smallest absolute Gasteiger partial charge is 0.282 e. The van der Waals surface area contributed by atoms with E-state index in [1.165, 1.54) is 0 Å². The van der Waals surface area contributed by atoms with Crippen LogP contribution in [0.5, 0.6) is 0 Å². The van der Waals surface area contributed by atoms with Gasteiger partial charge >= 0.3 is 0 Å². The second-order valence-electron chi connectivity index (χ2n) is 8.21. The van der Waals surface area contributed by atoms with Gasteiger partial charge in [0.1, 0.15) is 5.76 Å². The molecule has 0 spiro atoms. The zero-order valence-corrected chi connectivity index (χ0v) is 17.2. The molecular weight excluding hydrogens is 382 g/mol. The fraction of sp³-hybridized carbons (Fsp3) is 0.778. The van der Waals surface area contributed by atoms with Gasteiger partial charge in [-0.05, 0) is 39.5 Å². The van der Waals surface area contributed by atoms with E-state index in [9.17, 15) is 13.2 Å². The third kappa shape index (κ3) is 3.96. The molecule has 1 aromatic heterocycles. The van der Waals surface area contributed by atoms with E-state index in [0.29, 0.717) is 50.6 Å². The number of rotatable bonds is 5. The molecule has 156 valence electrons. The Hall–Kier alpha value is -1.49. The predicted molar refractivity (Wildman–Crippen MR) is 103 cm³/mol. The Morgan fingerprint density at radius 1 is 1.21 bits per heavy atom. The topological polar surface area (TPSA) is 108 Å². The summed E-state index contributed by atoms with van der Waals surface area (Å²) in [6, 6.07) is 1.42. The van der Waals surface area contributed by atoms with Crippen molar-refractivity contribution in [1.82, 2.24) is 24.4 Å². The highest BCUT2D eigenvalue weighted by Gasteiger charge is 2.40. The van der Waals surface area contributed by atoms with Crippen molar-refractivity contribution >= 4 is 16.1 Å². The lowest BCUT2D eigenvalue weighted by atomic mass is 10.0. The van der Waals surface area contributed by atoms with Gasteiger partial charge < -0.3 is 15.2 Å². The van der Waals surface area contributed by atoms with Gasteiger partial charge in [0.2, 0.25) is 0 Å². The summed E-state index contributed by atoms with van der Waals surface area (Å²) < 4.78 is 34.6. The molecule has 3 heterocycles. The molecule has 28 heavy (non-hydrogen) atoms. The van der Waals surface area contributed by atoms with Gasteiger partial charge in [-0.15, -0.1) is 0 Å². The zero-order valence-electron chi connectivity index (χ0n) is 16.4. The number of amides is 1. The van der Waals surface area contributed by atoms with Crippen LogP contribution in [0.15, 0.2) is 10.6 Å². The van der Waals surface area contributed by atoms with Gasteiger partial charge in [-0.25, -0.2) is 0 Å². The highest BCUT2D eigenvalue weighted by molar-refractivity contribution is 7.86. The molecule has 3 atom stereocenters. The second-order valence-corrected chi connectivity index (χ2v) is 10.0. The van der Waals surface area contributed by atoms with Crippen molar-refractivity contribution in [1.29, 1.82) is 0 Å². The standard InChI is InChI=1S/C18H29N5O4S/c1-12-9-15(20-18(24)16-10-17(27-21-16)14-3-4-14)5-7-22(12)28(25,26)23-8-6-19-11-13(23)2/h10,12-15,19H,3-9,11H2,1-2H3,(H,20,24)/t12-,13+,15-/m0/s1. The lowest BCUT2D eigenvalue weighted by molar-refractivity contribution is 0.0903. The van der Waals surface area contributed by atoms with E-state index < -0.39 is 10.2 Å². The number of nitrogens with one attached hydrogen (secondary N) is 2. The predicted octanol–water partition coefficient (Wildman–Crippen LogP) is 0.673. The number of piperidine rings is 1. The molecule has 9 nitrogen and oxygen atoms in total. The number of piperazine rings is 1. The van der Waals surface area contributed by atoms with Gasteiger partial charge in [0, 0.05) is 56.3 Å². The number of carbonyl (C=O) groups is 1. The number of nitrogens with zero attached hydrogens (tertiary/aromatic N) is 3. The van der Waals surface area contributed by atoms with Crippen molar-refractivity contribution in [3.63, 3.8) is 0 Å². The average Bonchev–Trinajstić information content (AvgIpc) is 3.38.